The minimum Gasteiger partial charge on any atom is -0.396 e. The van der Waals surface area contributed by atoms with Gasteiger partial charge in [-0.05, 0) is 19.3 Å². The Hall–Kier alpha value is -0.300. The van der Waals surface area contributed by atoms with E-state index in [1.165, 1.54) is 109 Å². The Morgan fingerprint density at radius 1 is 0.478 bits per heavy atom. The summed E-state index contributed by atoms with van der Waals surface area (Å²) in [4.78, 5) is 0. The van der Waals surface area contributed by atoms with E-state index in [0.717, 1.165) is 6.42 Å². The van der Waals surface area contributed by atoms with Crippen LogP contribution in [0.1, 0.15) is 122 Å². The van der Waals surface area contributed by atoms with Crippen molar-refractivity contribution in [3.8, 4) is 0 Å². The Kier molecular flexibility index (Phi) is 21.4. The Balaban J connectivity index is 2.97. The van der Waals surface area contributed by atoms with Crippen molar-refractivity contribution in [2.75, 3.05) is 6.61 Å². The molecule has 0 aromatic rings. The van der Waals surface area contributed by atoms with Crippen molar-refractivity contribution in [1.82, 2.24) is 0 Å². The van der Waals surface area contributed by atoms with Crippen LogP contribution in [0, 0.1) is 0 Å². The summed E-state index contributed by atoms with van der Waals surface area (Å²) in [6.45, 7) is 2.58. The van der Waals surface area contributed by atoms with Crippen molar-refractivity contribution in [3.63, 3.8) is 0 Å². The van der Waals surface area contributed by atoms with Gasteiger partial charge in [0.05, 0.1) is 0 Å². The molecule has 0 aliphatic rings. The van der Waals surface area contributed by atoms with E-state index in [1.807, 2.05) is 0 Å². The van der Waals surface area contributed by atoms with Crippen LogP contribution in [-0.4, -0.2) is 11.7 Å². The summed E-state index contributed by atoms with van der Waals surface area (Å²) in [6, 6.07) is 0. The number of hydrogen-bond donors (Lipinski definition) is 1. The third-order valence-electron chi connectivity index (χ3n) is 4.69. The van der Waals surface area contributed by atoms with E-state index in [9.17, 15) is 0 Å². The maximum atomic E-state index is 8.66. The summed E-state index contributed by atoms with van der Waals surface area (Å²) in [7, 11) is 0. The van der Waals surface area contributed by atoms with E-state index in [-0.39, 0.29) is 6.61 Å². The fourth-order valence-corrected chi connectivity index (χ4v) is 3.12. The molecule has 0 aliphatic heterocycles. The first kappa shape index (κ1) is 22.7. The molecule has 0 unspecified atom stereocenters. The molecule has 0 saturated carbocycles. The number of allylic oxidation sites excluding steroid dienone is 1. The largest absolute Gasteiger partial charge is 0.396 e. The molecule has 0 fully saturated rings. The molecule has 1 N–H and O–H groups in total. The van der Waals surface area contributed by atoms with Crippen molar-refractivity contribution < 1.29 is 5.11 Å². The van der Waals surface area contributed by atoms with E-state index in [0.29, 0.717) is 0 Å². The van der Waals surface area contributed by atoms with Crippen LogP contribution < -0.4 is 0 Å². The lowest BCUT2D eigenvalue weighted by Gasteiger charge is -2.03. The maximum Gasteiger partial charge on any atom is 0.0465 e. The molecule has 1 nitrogen and oxygen atoms in total. The van der Waals surface area contributed by atoms with Gasteiger partial charge in [0.25, 0.3) is 0 Å². The van der Waals surface area contributed by atoms with E-state index in [2.05, 4.69) is 19.1 Å². The Bertz CT molecular complexity index is 222. The normalized spacial score (nSPS) is 11.6. The Morgan fingerprint density at radius 3 is 1.22 bits per heavy atom. The summed E-state index contributed by atoms with van der Waals surface area (Å²) >= 11 is 0. The molecule has 0 atom stereocenters. The lowest BCUT2D eigenvalue weighted by Crippen LogP contribution is -1.83. The Morgan fingerprint density at radius 2 is 0.826 bits per heavy atom. The van der Waals surface area contributed by atoms with Gasteiger partial charge in [-0.25, -0.2) is 0 Å². The van der Waals surface area contributed by atoms with Gasteiger partial charge >= 0.3 is 0 Å². The number of aliphatic hydroxyl groups excluding tert-OH is 1. The fraction of sp³-hybridized carbons (Fsp3) is 0.909. The third-order valence-corrected chi connectivity index (χ3v) is 4.69. The predicted molar refractivity (Wildman–Crippen MR) is 105 cm³/mol. The van der Waals surface area contributed by atoms with Gasteiger partial charge in [-0.3, -0.25) is 0 Å². The van der Waals surface area contributed by atoms with E-state index in [4.69, 9.17) is 5.11 Å². The van der Waals surface area contributed by atoms with E-state index >= 15 is 0 Å². The highest BCUT2D eigenvalue weighted by molar-refractivity contribution is 4.80. The van der Waals surface area contributed by atoms with Crippen LogP contribution in [0.5, 0.6) is 0 Å². The zero-order valence-electron chi connectivity index (χ0n) is 16.0. The maximum absolute atomic E-state index is 8.66. The zero-order valence-corrected chi connectivity index (χ0v) is 16.0. The third kappa shape index (κ3) is 21.7. The number of unbranched alkanes of at least 4 members (excludes halogenated alkanes) is 16. The second-order valence-corrected chi connectivity index (χ2v) is 7.08. The molecule has 0 aromatic carbocycles. The molecule has 23 heavy (non-hydrogen) atoms. The number of hydrogen-bond acceptors (Lipinski definition) is 1. The first-order valence-corrected chi connectivity index (χ1v) is 10.7. The molecular weight excluding hydrogens is 280 g/mol. The van der Waals surface area contributed by atoms with Gasteiger partial charge in [0, 0.05) is 6.61 Å². The average Bonchev–Trinajstić information content (AvgIpc) is 2.57. The first-order chi connectivity index (χ1) is 11.4. The molecule has 0 bridgehead atoms. The van der Waals surface area contributed by atoms with Crippen LogP contribution >= 0.6 is 0 Å². The lowest BCUT2D eigenvalue weighted by molar-refractivity contribution is 0.302. The van der Waals surface area contributed by atoms with Gasteiger partial charge in [-0.1, -0.05) is 115 Å². The van der Waals surface area contributed by atoms with Crippen LogP contribution in [0.2, 0.25) is 0 Å². The van der Waals surface area contributed by atoms with Gasteiger partial charge < -0.3 is 5.11 Å². The summed E-state index contributed by atoms with van der Waals surface area (Å²) in [5.74, 6) is 0. The van der Waals surface area contributed by atoms with Gasteiger partial charge in [-0.2, -0.15) is 0 Å². The predicted octanol–water partition coefficient (Wildman–Crippen LogP) is 7.58. The van der Waals surface area contributed by atoms with Crippen LogP contribution in [0.4, 0.5) is 0 Å². The monoisotopic (exact) mass is 324 g/mol. The van der Waals surface area contributed by atoms with Crippen LogP contribution in [0.15, 0.2) is 12.2 Å². The second-order valence-electron chi connectivity index (χ2n) is 7.08. The van der Waals surface area contributed by atoms with Gasteiger partial charge in [0.2, 0.25) is 0 Å². The molecule has 0 radical (unpaired) electrons. The fourth-order valence-electron chi connectivity index (χ4n) is 3.12. The van der Waals surface area contributed by atoms with Gasteiger partial charge in [-0.15, -0.1) is 0 Å². The molecule has 0 aromatic heterocycles. The molecule has 0 heterocycles. The zero-order chi connectivity index (χ0) is 16.8. The van der Waals surface area contributed by atoms with Crippen molar-refractivity contribution in [1.29, 1.82) is 0 Å². The molecule has 0 spiro atoms. The highest BCUT2D eigenvalue weighted by atomic mass is 16.2. The summed E-state index contributed by atoms with van der Waals surface area (Å²) in [5, 5.41) is 8.66. The molecule has 0 amide bonds. The number of rotatable bonds is 19. The second kappa shape index (κ2) is 21.7. The SMILES string of the molecule is CCCCCCCCCCCCCCCCCC/C=C/CCO. The summed E-state index contributed by atoms with van der Waals surface area (Å²) < 4.78 is 0. The van der Waals surface area contributed by atoms with Crippen molar-refractivity contribution in [2.24, 2.45) is 0 Å². The van der Waals surface area contributed by atoms with Crippen LogP contribution in [0.3, 0.4) is 0 Å². The standard InChI is InChI=1S/C22H44O/c1-2-3-4-5-6-7-8-9-10-11-12-13-14-15-16-17-18-19-20-21-22-23/h19-20,23H,2-18,21-22H2,1H3/b20-19+. The highest BCUT2D eigenvalue weighted by Crippen LogP contribution is 2.14. The summed E-state index contributed by atoms with van der Waals surface area (Å²) in [6.07, 6.45) is 29.3. The molecule has 138 valence electrons. The van der Waals surface area contributed by atoms with Gasteiger partial charge in [0.15, 0.2) is 0 Å². The van der Waals surface area contributed by atoms with Crippen LogP contribution in [0.25, 0.3) is 0 Å². The minimum atomic E-state index is 0.287. The molecule has 1 heteroatoms. The topological polar surface area (TPSA) is 20.2 Å². The Labute approximate surface area is 147 Å². The highest BCUT2D eigenvalue weighted by Gasteiger charge is 1.94. The van der Waals surface area contributed by atoms with E-state index in [1.54, 1.807) is 0 Å². The molecule has 0 aliphatic carbocycles. The first-order valence-electron chi connectivity index (χ1n) is 10.7. The van der Waals surface area contributed by atoms with Gasteiger partial charge in [0.1, 0.15) is 0 Å². The summed E-state index contributed by atoms with van der Waals surface area (Å²) in [5.41, 5.74) is 0. The molecule has 0 saturated heterocycles. The molecule has 0 rings (SSSR count). The smallest absolute Gasteiger partial charge is 0.0465 e. The van der Waals surface area contributed by atoms with Crippen molar-refractivity contribution in [2.45, 2.75) is 122 Å². The quantitative estimate of drug-likeness (QED) is 0.192. The average molecular weight is 325 g/mol. The van der Waals surface area contributed by atoms with E-state index < -0.39 is 0 Å². The van der Waals surface area contributed by atoms with Crippen LogP contribution in [-0.2, 0) is 0 Å². The lowest BCUT2D eigenvalue weighted by atomic mass is 10.0. The number of aliphatic hydroxyl groups is 1. The minimum absolute atomic E-state index is 0.287. The molecular formula is C22H44O. The van der Waals surface area contributed by atoms with Crippen molar-refractivity contribution >= 4 is 0 Å². The van der Waals surface area contributed by atoms with Crippen molar-refractivity contribution in [3.05, 3.63) is 12.2 Å².